The molecule has 0 radical (unpaired) electrons. The number of hydrogen-bond acceptors (Lipinski definition) is 4. The molecule has 0 aromatic heterocycles. The topological polar surface area (TPSA) is 64.8 Å². The first kappa shape index (κ1) is 12.2. The predicted molar refractivity (Wildman–Crippen MR) is 73.0 cm³/mol. The van der Waals surface area contributed by atoms with E-state index in [0.29, 0.717) is 22.7 Å². The summed E-state index contributed by atoms with van der Waals surface area (Å²) in [6.07, 6.45) is 0. The minimum Gasteiger partial charge on any atom is -0.454 e. The van der Waals surface area contributed by atoms with Crippen molar-refractivity contribution in [1.82, 2.24) is 0 Å². The summed E-state index contributed by atoms with van der Waals surface area (Å²) in [6.45, 7) is 0.126. The van der Waals surface area contributed by atoms with Crippen LogP contribution in [-0.2, 0) is 4.79 Å². The second-order valence-corrected chi connectivity index (χ2v) is 4.87. The summed E-state index contributed by atoms with van der Waals surface area (Å²) in [6, 6.07) is 8.59. The van der Waals surface area contributed by atoms with Crippen molar-refractivity contribution in [3.05, 3.63) is 47.8 Å². The van der Waals surface area contributed by atoms with Crippen LogP contribution in [0.25, 0.3) is 0 Å². The Balaban J connectivity index is 1.92. The molecular formula is C15H11FN2O3. The quantitative estimate of drug-likeness (QED) is 0.873. The number of carbonyl (C=O) groups is 1. The molecule has 0 spiro atoms. The van der Waals surface area contributed by atoms with Gasteiger partial charge >= 0.3 is 0 Å². The van der Waals surface area contributed by atoms with E-state index in [4.69, 9.17) is 15.2 Å². The van der Waals surface area contributed by atoms with E-state index >= 15 is 0 Å². The van der Waals surface area contributed by atoms with Gasteiger partial charge in [0.05, 0.1) is 11.4 Å². The molecule has 2 aliphatic heterocycles. The molecule has 1 atom stereocenters. The molecule has 0 aliphatic carbocycles. The van der Waals surface area contributed by atoms with Crippen LogP contribution in [0.5, 0.6) is 11.5 Å². The summed E-state index contributed by atoms with van der Waals surface area (Å²) in [7, 11) is 0. The lowest BCUT2D eigenvalue weighted by molar-refractivity contribution is -0.118. The number of nitrogens with zero attached hydrogens (tertiary/aromatic N) is 1. The van der Waals surface area contributed by atoms with Crippen molar-refractivity contribution in [1.29, 1.82) is 0 Å². The highest BCUT2D eigenvalue weighted by Gasteiger charge is 2.38. The highest BCUT2D eigenvalue weighted by Crippen LogP contribution is 2.47. The largest absolute Gasteiger partial charge is 0.454 e. The van der Waals surface area contributed by atoms with Crippen LogP contribution in [0.2, 0.25) is 0 Å². The van der Waals surface area contributed by atoms with Crippen LogP contribution < -0.4 is 20.1 Å². The van der Waals surface area contributed by atoms with Gasteiger partial charge in [-0.2, -0.15) is 0 Å². The number of nitrogens with two attached hydrogens (primary N) is 1. The number of anilines is 2. The zero-order valence-electron chi connectivity index (χ0n) is 10.9. The Kier molecular flexibility index (Phi) is 2.43. The number of para-hydroxylation sites is 1. The average molecular weight is 286 g/mol. The molecule has 1 unspecified atom stereocenters. The van der Waals surface area contributed by atoms with E-state index in [1.54, 1.807) is 30.3 Å². The van der Waals surface area contributed by atoms with Crippen LogP contribution in [-0.4, -0.2) is 12.7 Å². The molecule has 4 rings (SSSR count). The fourth-order valence-electron chi connectivity index (χ4n) is 2.66. The van der Waals surface area contributed by atoms with Gasteiger partial charge in [0.1, 0.15) is 11.9 Å². The van der Waals surface area contributed by atoms with E-state index in [1.165, 1.54) is 11.0 Å². The molecule has 2 aromatic rings. The Hall–Kier alpha value is -2.60. The van der Waals surface area contributed by atoms with E-state index in [1.807, 2.05) is 0 Å². The molecular weight excluding hydrogens is 275 g/mol. The van der Waals surface area contributed by atoms with Gasteiger partial charge in [0.25, 0.3) is 5.91 Å². The van der Waals surface area contributed by atoms with Gasteiger partial charge < -0.3 is 15.2 Å². The van der Waals surface area contributed by atoms with Crippen molar-refractivity contribution in [3.63, 3.8) is 0 Å². The lowest BCUT2D eigenvalue weighted by Gasteiger charge is -2.18. The molecule has 0 fully saturated rings. The van der Waals surface area contributed by atoms with Gasteiger partial charge in [-0.05, 0) is 18.2 Å². The summed E-state index contributed by atoms with van der Waals surface area (Å²) < 4.78 is 24.6. The Morgan fingerprint density at radius 2 is 1.86 bits per heavy atom. The molecule has 2 aliphatic rings. The molecule has 2 aromatic carbocycles. The fraction of sp³-hybridized carbons (Fsp3) is 0.133. The summed E-state index contributed by atoms with van der Waals surface area (Å²) in [5.41, 5.74) is 7.26. The van der Waals surface area contributed by atoms with Crippen LogP contribution in [0.1, 0.15) is 11.6 Å². The molecule has 5 nitrogen and oxygen atoms in total. The van der Waals surface area contributed by atoms with Crippen molar-refractivity contribution >= 4 is 17.3 Å². The summed E-state index contributed by atoms with van der Waals surface area (Å²) >= 11 is 0. The molecule has 2 heterocycles. The number of rotatable bonds is 1. The van der Waals surface area contributed by atoms with E-state index in [9.17, 15) is 9.18 Å². The van der Waals surface area contributed by atoms with Crippen LogP contribution in [0, 0.1) is 5.82 Å². The monoisotopic (exact) mass is 286 g/mol. The van der Waals surface area contributed by atoms with Gasteiger partial charge in [-0.1, -0.05) is 12.1 Å². The lowest BCUT2D eigenvalue weighted by Crippen LogP contribution is -2.28. The first-order valence-electron chi connectivity index (χ1n) is 6.44. The van der Waals surface area contributed by atoms with Gasteiger partial charge in [0.2, 0.25) is 6.79 Å². The third kappa shape index (κ3) is 1.62. The number of hydrogen-bond donors (Lipinski definition) is 1. The molecule has 2 N–H and O–H groups in total. The number of ether oxygens (including phenoxy) is 2. The molecule has 1 amide bonds. The third-order valence-corrected chi connectivity index (χ3v) is 3.68. The van der Waals surface area contributed by atoms with Crippen molar-refractivity contribution in [2.45, 2.75) is 6.04 Å². The fourth-order valence-corrected chi connectivity index (χ4v) is 2.66. The van der Waals surface area contributed by atoms with Crippen molar-refractivity contribution in [3.8, 4) is 11.5 Å². The normalized spacial score (nSPS) is 19.0. The number of benzene rings is 2. The van der Waals surface area contributed by atoms with Crippen LogP contribution in [0.3, 0.4) is 0 Å². The van der Waals surface area contributed by atoms with Crippen molar-refractivity contribution in [2.24, 2.45) is 5.73 Å². The molecule has 6 heteroatoms. The zero-order chi connectivity index (χ0) is 14.6. The molecule has 21 heavy (non-hydrogen) atoms. The average Bonchev–Trinajstić information content (AvgIpc) is 3.03. The minimum atomic E-state index is -0.839. The predicted octanol–water partition coefficient (Wildman–Crippen LogP) is 2.23. The molecule has 106 valence electrons. The maximum Gasteiger partial charge on any atom is 0.253 e. The van der Waals surface area contributed by atoms with E-state index in [0.717, 1.165) is 0 Å². The number of amides is 1. The Morgan fingerprint density at radius 3 is 2.62 bits per heavy atom. The second kappa shape index (κ2) is 4.20. The maximum atomic E-state index is 14.0. The SMILES string of the molecule is NC1C(=O)N(c2ccccc2F)c2cc3c(cc21)OCO3. The van der Waals surface area contributed by atoms with Crippen LogP contribution in [0.4, 0.5) is 15.8 Å². The van der Waals surface area contributed by atoms with Gasteiger partial charge in [0, 0.05) is 11.6 Å². The van der Waals surface area contributed by atoms with Gasteiger partial charge in [-0.3, -0.25) is 9.69 Å². The Labute approximate surface area is 119 Å². The van der Waals surface area contributed by atoms with Crippen molar-refractivity contribution < 1.29 is 18.7 Å². The second-order valence-electron chi connectivity index (χ2n) is 4.87. The number of carbonyl (C=O) groups excluding carboxylic acids is 1. The minimum absolute atomic E-state index is 0.126. The zero-order valence-corrected chi connectivity index (χ0v) is 10.9. The van der Waals surface area contributed by atoms with Crippen molar-refractivity contribution in [2.75, 3.05) is 11.7 Å². The smallest absolute Gasteiger partial charge is 0.253 e. The first-order chi connectivity index (χ1) is 10.2. The molecule has 0 saturated carbocycles. The van der Waals surface area contributed by atoms with Crippen LogP contribution in [0.15, 0.2) is 36.4 Å². The molecule has 0 bridgehead atoms. The summed E-state index contributed by atoms with van der Waals surface area (Å²) in [5, 5.41) is 0. The van der Waals surface area contributed by atoms with Gasteiger partial charge in [-0.15, -0.1) is 0 Å². The summed E-state index contributed by atoms with van der Waals surface area (Å²) in [4.78, 5) is 13.7. The molecule has 0 saturated heterocycles. The standard InChI is InChI=1S/C15H11FN2O3/c16-9-3-1-2-4-10(9)18-11-6-13-12(20-7-21-13)5-8(11)14(17)15(18)19/h1-6,14H,7,17H2. The van der Waals surface area contributed by atoms with E-state index < -0.39 is 11.9 Å². The Bertz CT molecular complexity index is 763. The first-order valence-corrected chi connectivity index (χ1v) is 6.44. The van der Waals surface area contributed by atoms with E-state index in [2.05, 4.69) is 0 Å². The third-order valence-electron chi connectivity index (χ3n) is 3.68. The van der Waals surface area contributed by atoms with Gasteiger partial charge in [0.15, 0.2) is 11.5 Å². The number of fused-ring (bicyclic) bond motifs is 2. The summed E-state index contributed by atoms with van der Waals surface area (Å²) in [5.74, 6) is 0.215. The number of halogens is 1. The van der Waals surface area contributed by atoms with Gasteiger partial charge in [-0.25, -0.2) is 4.39 Å². The highest BCUT2D eigenvalue weighted by atomic mass is 19.1. The van der Waals surface area contributed by atoms with Crippen LogP contribution >= 0.6 is 0 Å². The Morgan fingerprint density at radius 1 is 1.14 bits per heavy atom. The van der Waals surface area contributed by atoms with E-state index in [-0.39, 0.29) is 18.4 Å². The lowest BCUT2D eigenvalue weighted by atomic mass is 10.1. The maximum absolute atomic E-state index is 14.0. The highest BCUT2D eigenvalue weighted by molar-refractivity contribution is 6.10.